The highest BCUT2D eigenvalue weighted by molar-refractivity contribution is 7.22. The molecule has 1 fully saturated rings. The molecule has 1 aliphatic rings. The highest BCUT2D eigenvalue weighted by Gasteiger charge is 2.18. The Morgan fingerprint density at radius 3 is 2.97 bits per heavy atom. The van der Waals surface area contributed by atoms with Crippen molar-refractivity contribution in [1.29, 1.82) is 0 Å². The van der Waals surface area contributed by atoms with Gasteiger partial charge in [-0.25, -0.2) is 19.7 Å². The molecule has 0 atom stereocenters. The summed E-state index contributed by atoms with van der Waals surface area (Å²) in [5, 5.41) is 6.98. The van der Waals surface area contributed by atoms with Crippen molar-refractivity contribution in [3.8, 4) is 21.7 Å². The average molecular weight is 450 g/mol. The predicted octanol–water partition coefficient (Wildman–Crippen LogP) is 3.58. The first-order valence-corrected chi connectivity index (χ1v) is 10.9. The van der Waals surface area contributed by atoms with Crippen molar-refractivity contribution in [1.82, 2.24) is 25.2 Å². The number of pyridine rings is 1. The molecule has 0 aliphatic carbocycles. The Balaban J connectivity index is 1.41. The monoisotopic (exact) mass is 449 g/mol. The fraction of sp³-hybridized carbons (Fsp3) is 0.182. The fourth-order valence-electron chi connectivity index (χ4n) is 3.68. The number of amides is 2. The zero-order valence-corrected chi connectivity index (χ0v) is 17.8. The van der Waals surface area contributed by atoms with Gasteiger partial charge in [-0.2, -0.15) is 4.39 Å². The van der Waals surface area contributed by atoms with E-state index in [0.717, 1.165) is 26.2 Å². The second-order valence-electron chi connectivity index (χ2n) is 7.34. The second kappa shape index (κ2) is 8.39. The van der Waals surface area contributed by atoms with E-state index in [2.05, 4.69) is 31.7 Å². The normalized spacial score (nSPS) is 13.5. The van der Waals surface area contributed by atoms with Crippen molar-refractivity contribution in [3.05, 3.63) is 54.7 Å². The zero-order valence-electron chi connectivity index (χ0n) is 17.0. The van der Waals surface area contributed by atoms with Crippen molar-refractivity contribution in [2.45, 2.75) is 0 Å². The lowest BCUT2D eigenvalue weighted by molar-refractivity contribution is 0.219. The van der Waals surface area contributed by atoms with Gasteiger partial charge in [-0.3, -0.25) is 0 Å². The molecular weight excluding hydrogens is 429 g/mol. The molecule has 1 aliphatic heterocycles. The predicted molar refractivity (Wildman–Crippen MR) is 124 cm³/mol. The Hall–Kier alpha value is -3.79. The number of carbonyl (C=O) groups is 1. The first kappa shape index (κ1) is 20.1. The summed E-state index contributed by atoms with van der Waals surface area (Å²) >= 11 is 1.56. The van der Waals surface area contributed by atoms with E-state index >= 15 is 0 Å². The number of hydrogen-bond acceptors (Lipinski definition) is 7. The lowest BCUT2D eigenvalue weighted by Crippen LogP contribution is -2.32. The van der Waals surface area contributed by atoms with Crippen LogP contribution in [0, 0.1) is 5.95 Å². The summed E-state index contributed by atoms with van der Waals surface area (Å²) in [4.78, 5) is 26.9. The number of hydrogen-bond donors (Lipinski definition) is 3. The van der Waals surface area contributed by atoms with Crippen LogP contribution in [-0.2, 0) is 0 Å². The topological polar surface area (TPSA) is 109 Å². The maximum atomic E-state index is 13.8. The minimum atomic E-state index is -0.569. The van der Waals surface area contributed by atoms with E-state index < -0.39 is 5.95 Å². The molecule has 0 saturated carbocycles. The van der Waals surface area contributed by atoms with Gasteiger partial charge in [0.15, 0.2) is 0 Å². The standard InChI is InChI=1S/C22H20FN7OS/c23-19-11-15(16(24)12-28-19)14-3-1-2-13-10-18(32-20(13)14)17-4-5-25-21(29-17)26-6-8-30-9-7-27-22(30)31/h1-5,10-12H,6-9,24H2,(H,27,31)(H,25,26,29). The minimum absolute atomic E-state index is 0.0442. The van der Waals surface area contributed by atoms with E-state index in [1.54, 1.807) is 22.4 Å². The van der Waals surface area contributed by atoms with E-state index in [1.807, 2.05) is 24.3 Å². The maximum Gasteiger partial charge on any atom is 0.317 e. The molecule has 0 spiro atoms. The molecule has 0 bridgehead atoms. The largest absolute Gasteiger partial charge is 0.397 e. The molecule has 8 nitrogen and oxygen atoms in total. The number of anilines is 2. The van der Waals surface area contributed by atoms with Crippen molar-refractivity contribution in [2.24, 2.45) is 0 Å². The van der Waals surface area contributed by atoms with Crippen molar-refractivity contribution < 1.29 is 9.18 Å². The van der Waals surface area contributed by atoms with Crippen LogP contribution < -0.4 is 16.4 Å². The molecule has 2 amide bonds. The quantitative estimate of drug-likeness (QED) is 0.388. The van der Waals surface area contributed by atoms with Gasteiger partial charge in [0.25, 0.3) is 0 Å². The number of rotatable bonds is 6. The Kier molecular flexibility index (Phi) is 5.28. The number of thiophene rings is 1. The minimum Gasteiger partial charge on any atom is -0.397 e. The van der Waals surface area contributed by atoms with Gasteiger partial charge < -0.3 is 21.3 Å². The molecule has 1 saturated heterocycles. The number of aromatic nitrogens is 3. The van der Waals surface area contributed by atoms with Crippen LogP contribution in [0.4, 0.5) is 20.8 Å². The van der Waals surface area contributed by atoms with E-state index in [9.17, 15) is 9.18 Å². The van der Waals surface area contributed by atoms with Crippen LogP contribution in [0.1, 0.15) is 0 Å². The molecule has 4 heterocycles. The van der Waals surface area contributed by atoms with Gasteiger partial charge in [-0.15, -0.1) is 11.3 Å². The van der Waals surface area contributed by atoms with E-state index in [4.69, 9.17) is 5.73 Å². The molecule has 3 aromatic heterocycles. The van der Waals surface area contributed by atoms with Gasteiger partial charge in [0.1, 0.15) is 0 Å². The van der Waals surface area contributed by atoms with Crippen LogP contribution in [0.15, 0.2) is 48.8 Å². The van der Waals surface area contributed by atoms with Crippen LogP contribution in [0.25, 0.3) is 31.8 Å². The van der Waals surface area contributed by atoms with Gasteiger partial charge in [0.05, 0.1) is 22.5 Å². The van der Waals surface area contributed by atoms with Gasteiger partial charge in [0, 0.05) is 54.3 Å². The number of nitrogens with one attached hydrogen (secondary N) is 2. The molecule has 5 rings (SSSR count). The molecular formula is C22H20FN7OS. The number of fused-ring (bicyclic) bond motifs is 1. The highest BCUT2D eigenvalue weighted by Crippen LogP contribution is 2.40. The molecule has 1 aromatic carbocycles. The SMILES string of the molecule is Nc1cnc(F)cc1-c1cccc2cc(-c3ccnc(NCCN4CCNC4=O)n3)sc12. The van der Waals surface area contributed by atoms with E-state index in [0.29, 0.717) is 43.4 Å². The number of nitrogens with zero attached hydrogens (tertiary/aromatic N) is 4. The summed E-state index contributed by atoms with van der Waals surface area (Å²) in [6, 6.07) is 11.1. The first-order chi connectivity index (χ1) is 15.6. The molecule has 162 valence electrons. The summed E-state index contributed by atoms with van der Waals surface area (Å²) in [7, 11) is 0. The summed E-state index contributed by atoms with van der Waals surface area (Å²) < 4.78 is 14.8. The smallest absolute Gasteiger partial charge is 0.317 e. The van der Waals surface area contributed by atoms with Crippen LogP contribution in [-0.4, -0.2) is 52.1 Å². The number of benzene rings is 1. The molecule has 10 heteroatoms. The third kappa shape index (κ3) is 3.92. The lowest BCUT2D eigenvalue weighted by atomic mass is 10.0. The average Bonchev–Trinajstić information content (AvgIpc) is 3.42. The van der Waals surface area contributed by atoms with Gasteiger partial charge >= 0.3 is 6.03 Å². The number of urea groups is 1. The molecule has 32 heavy (non-hydrogen) atoms. The third-order valence-corrected chi connectivity index (χ3v) is 6.46. The molecule has 0 radical (unpaired) electrons. The Morgan fingerprint density at radius 2 is 2.12 bits per heavy atom. The van der Waals surface area contributed by atoms with Gasteiger partial charge in [0.2, 0.25) is 11.9 Å². The van der Waals surface area contributed by atoms with Crippen LogP contribution >= 0.6 is 11.3 Å². The summed E-state index contributed by atoms with van der Waals surface area (Å²) in [5.41, 5.74) is 8.75. The third-order valence-electron chi connectivity index (χ3n) is 5.25. The molecule has 0 unspecified atom stereocenters. The number of nitrogen functional groups attached to an aromatic ring is 1. The van der Waals surface area contributed by atoms with Crippen molar-refractivity contribution >= 4 is 39.1 Å². The Labute approximate surface area is 187 Å². The highest BCUT2D eigenvalue weighted by atomic mass is 32.1. The maximum absolute atomic E-state index is 13.8. The summed E-state index contributed by atoms with van der Waals surface area (Å²) in [6.45, 7) is 2.52. The first-order valence-electron chi connectivity index (χ1n) is 10.1. The number of carbonyl (C=O) groups excluding carboxylic acids is 1. The second-order valence-corrected chi connectivity index (χ2v) is 8.39. The molecule has 4 aromatic rings. The van der Waals surface area contributed by atoms with Crippen LogP contribution in [0.2, 0.25) is 0 Å². The molecule has 4 N–H and O–H groups in total. The van der Waals surface area contributed by atoms with Crippen molar-refractivity contribution in [3.63, 3.8) is 0 Å². The van der Waals surface area contributed by atoms with Crippen LogP contribution in [0.3, 0.4) is 0 Å². The fourth-order valence-corrected chi connectivity index (χ4v) is 4.84. The van der Waals surface area contributed by atoms with E-state index in [-0.39, 0.29) is 6.03 Å². The van der Waals surface area contributed by atoms with Gasteiger partial charge in [-0.05, 0) is 17.5 Å². The lowest BCUT2D eigenvalue weighted by Gasteiger charge is -2.14. The van der Waals surface area contributed by atoms with E-state index in [1.165, 1.54) is 12.3 Å². The Bertz CT molecular complexity index is 1310. The number of halogens is 1. The Morgan fingerprint density at radius 1 is 1.22 bits per heavy atom. The van der Waals surface area contributed by atoms with Crippen LogP contribution in [0.5, 0.6) is 0 Å². The van der Waals surface area contributed by atoms with Gasteiger partial charge in [-0.1, -0.05) is 18.2 Å². The zero-order chi connectivity index (χ0) is 22.1. The number of nitrogens with two attached hydrogens (primary N) is 1. The summed E-state index contributed by atoms with van der Waals surface area (Å²) in [5.74, 6) is -0.0684. The summed E-state index contributed by atoms with van der Waals surface area (Å²) in [6.07, 6.45) is 3.04. The van der Waals surface area contributed by atoms with Crippen molar-refractivity contribution in [2.75, 3.05) is 37.2 Å².